The summed E-state index contributed by atoms with van der Waals surface area (Å²) < 4.78 is 5.10. The van der Waals surface area contributed by atoms with Gasteiger partial charge >= 0.3 is 5.97 Å². The van der Waals surface area contributed by atoms with Gasteiger partial charge in [-0.2, -0.15) is 0 Å². The van der Waals surface area contributed by atoms with E-state index in [4.69, 9.17) is 4.74 Å². The minimum atomic E-state index is -0.418. The van der Waals surface area contributed by atoms with Crippen molar-refractivity contribution in [2.45, 2.75) is 32.2 Å². The zero-order valence-corrected chi connectivity index (χ0v) is 19.1. The van der Waals surface area contributed by atoms with Crippen LogP contribution in [0.1, 0.15) is 36.1 Å². The van der Waals surface area contributed by atoms with Gasteiger partial charge in [-0.3, -0.25) is 9.59 Å². The largest absolute Gasteiger partial charge is 0.466 e. The van der Waals surface area contributed by atoms with E-state index in [9.17, 15) is 9.59 Å². The number of hydrogen-bond donors (Lipinski definition) is 2. The van der Waals surface area contributed by atoms with Crippen LogP contribution in [0.25, 0.3) is 0 Å². The van der Waals surface area contributed by atoms with E-state index in [-0.39, 0.29) is 24.8 Å². The second kappa shape index (κ2) is 11.0. The quantitative estimate of drug-likeness (QED) is 0.605. The highest BCUT2D eigenvalue weighted by atomic mass is 16.5. The first-order valence-electron chi connectivity index (χ1n) is 11.6. The van der Waals surface area contributed by atoms with Crippen molar-refractivity contribution in [3.63, 3.8) is 0 Å². The molecule has 2 N–H and O–H groups in total. The molecule has 0 fully saturated rings. The molecule has 1 atom stereocenters. The summed E-state index contributed by atoms with van der Waals surface area (Å²) in [6, 6.07) is 15.8. The van der Waals surface area contributed by atoms with Crippen LogP contribution < -0.4 is 15.5 Å². The van der Waals surface area contributed by atoms with Crippen molar-refractivity contribution in [3.05, 3.63) is 77.6 Å². The lowest BCUT2D eigenvalue weighted by molar-refractivity contribution is -0.143. The van der Waals surface area contributed by atoms with E-state index >= 15 is 0 Å². The van der Waals surface area contributed by atoms with Gasteiger partial charge in [-0.05, 0) is 61.7 Å². The van der Waals surface area contributed by atoms with E-state index in [1.807, 2.05) is 47.6 Å². The second-order valence-corrected chi connectivity index (χ2v) is 8.40. The molecular weight excluding hydrogens is 416 g/mol. The highest BCUT2D eigenvalue weighted by Crippen LogP contribution is 2.24. The molecule has 33 heavy (non-hydrogen) atoms. The Morgan fingerprint density at radius 1 is 1.06 bits per heavy atom. The zero-order valence-electron chi connectivity index (χ0n) is 19.1. The number of ether oxygens (including phenoxy) is 1. The van der Waals surface area contributed by atoms with Crippen LogP contribution in [0.2, 0.25) is 0 Å². The fraction of sp³-hybridized carbons (Fsp3) is 0.385. The predicted molar refractivity (Wildman–Crippen MR) is 128 cm³/mol. The fourth-order valence-electron chi connectivity index (χ4n) is 4.32. The molecule has 0 radical (unpaired) electrons. The van der Waals surface area contributed by atoms with Crippen LogP contribution in [0.5, 0.6) is 0 Å². The van der Waals surface area contributed by atoms with Gasteiger partial charge in [0.15, 0.2) is 0 Å². The summed E-state index contributed by atoms with van der Waals surface area (Å²) in [6.45, 7) is 4.96. The average Bonchev–Trinajstić information content (AvgIpc) is 3.15. The van der Waals surface area contributed by atoms with Gasteiger partial charge in [0.1, 0.15) is 0 Å². The lowest BCUT2D eigenvalue weighted by Crippen LogP contribution is -2.38. The maximum absolute atomic E-state index is 12.8. The van der Waals surface area contributed by atoms with Crippen molar-refractivity contribution in [1.82, 2.24) is 15.5 Å². The molecule has 2 aliphatic rings. The van der Waals surface area contributed by atoms with Gasteiger partial charge in [0.05, 0.1) is 32.3 Å². The Labute approximate surface area is 195 Å². The Morgan fingerprint density at radius 2 is 1.85 bits per heavy atom. The molecule has 2 aromatic carbocycles. The smallest absolute Gasteiger partial charge is 0.308 e. The van der Waals surface area contributed by atoms with Crippen molar-refractivity contribution >= 4 is 17.6 Å². The third kappa shape index (κ3) is 6.14. The number of carbonyl (C=O) groups is 2. The summed E-state index contributed by atoms with van der Waals surface area (Å²) in [7, 11) is 0. The van der Waals surface area contributed by atoms with Gasteiger partial charge in [-0.1, -0.05) is 36.4 Å². The van der Waals surface area contributed by atoms with Crippen molar-refractivity contribution in [2.75, 3.05) is 37.8 Å². The van der Waals surface area contributed by atoms with Crippen molar-refractivity contribution in [2.24, 2.45) is 0 Å². The number of anilines is 1. The molecule has 0 bridgehead atoms. The van der Waals surface area contributed by atoms with Crippen molar-refractivity contribution < 1.29 is 14.3 Å². The van der Waals surface area contributed by atoms with Crippen LogP contribution in [0, 0.1) is 0 Å². The Kier molecular flexibility index (Phi) is 7.62. The molecule has 0 saturated carbocycles. The van der Waals surface area contributed by atoms with Gasteiger partial charge in [-0.25, -0.2) is 0 Å². The van der Waals surface area contributed by atoms with Crippen LogP contribution in [0.3, 0.4) is 0 Å². The van der Waals surface area contributed by atoms with E-state index in [0.717, 1.165) is 37.2 Å². The first-order valence-corrected chi connectivity index (χ1v) is 11.6. The number of carbonyl (C=O) groups excluding carboxylic acids is 2. The van der Waals surface area contributed by atoms with Gasteiger partial charge in [0.2, 0.25) is 5.91 Å². The molecule has 7 heteroatoms. The molecule has 0 aromatic heterocycles. The number of fused-ring (bicyclic) bond motifs is 1. The summed E-state index contributed by atoms with van der Waals surface area (Å²) in [6.07, 6.45) is 6.16. The molecule has 2 aliphatic heterocycles. The first-order chi connectivity index (χ1) is 16.1. The molecule has 2 aromatic rings. The van der Waals surface area contributed by atoms with E-state index < -0.39 is 6.04 Å². The minimum absolute atomic E-state index is 0.107. The SMILES string of the molecule is CCOC(=O)CC(NC(=O)CN1C=CN(c2ccc3c(c2)CCNCC3)C1)c1ccccc1. The lowest BCUT2D eigenvalue weighted by atomic mass is 10.0. The summed E-state index contributed by atoms with van der Waals surface area (Å²) in [5.41, 5.74) is 4.83. The zero-order chi connectivity index (χ0) is 23.0. The number of hydrogen-bond acceptors (Lipinski definition) is 6. The average molecular weight is 449 g/mol. The number of esters is 1. The first kappa shape index (κ1) is 22.9. The van der Waals surface area contributed by atoms with Gasteiger partial charge in [0, 0.05) is 18.1 Å². The molecule has 0 spiro atoms. The lowest BCUT2D eigenvalue weighted by Gasteiger charge is -2.24. The molecule has 4 rings (SSSR count). The highest BCUT2D eigenvalue weighted by Gasteiger charge is 2.22. The van der Waals surface area contributed by atoms with Gasteiger partial charge < -0.3 is 25.2 Å². The summed E-state index contributed by atoms with van der Waals surface area (Å²) in [4.78, 5) is 29.0. The van der Waals surface area contributed by atoms with Crippen molar-refractivity contribution in [1.29, 1.82) is 0 Å². The second-order valence-electron chi connectivity index (χ2n) is 8.40. The van der Waals surface area contributed by atoms with E-state index in [0.29, 0.717) is 13.3 Å². The standard InChI is InChI=1S/C26H32N4O3/c1-2-33-26(32)17-24(21-6-4-3-5-7-21)28-25(31)18-29-14-15-30(19-29)23-9-8-20-10-12-27-13-11-22(20)16-23/h3-9,14-16,24,27H,2,10-13,17-19H2,1H3,(H,28,31). The third-order valence-corrected chi connectivity index (χ3v) is 6.02. The molecule has 0 saturated heterocycles. The number of nitrogens with one attached hydrogen (secondary N) is 2. The van der Waals surface area contributed by atoms with Gasteiger partial charge in [-0.15, -0.1) is 0 Å². The van der Waals surface area contributed by atoms with Crippen LogP contribution in [0.15, 0.2) is 60.9 Å². The van der Waals surface area contributed by atoms with Crippen LogP contribution in [-0.2, 0) is 27.2 Å². The van der Waals surface area contributed by atoms with Crippen LogP contribution in [-0.4, -0.2) is 49.7 Å². The molecular formula is C26H32N4O3. The molecule has 7 nitrogen and oxygen atoms in total. The number of benzene rings is 2. The van der Waals surface area contributed by atoms with E-state index in [1.54, 1.807) is 6.92 Å². The Balaban J connectivity index is 1.35. The third-order valence-electron chi connectivity index (χ3n) is 6.02. The van der Waals surface area contributed by atoms with Gasteiger partial charge in [0.25, 0.3) is 0 Å². The van der Waals surface area contributed by atoms with E-state index in [1.165, 1.54) is 11.1 Å². The Hall–Kier alpha value is -3.32. The number of nitrogens with zero attached hydrogens (tertiary/aromatic N) is 2. The summed E-state index contributed by atoms with van der Waals surface area (Å²) >= 11 is 0. The fourth-order valence-corrected chi connectivity index (χ4v) is 4.32. The Bertz CT molecular complexity index is 992. The molecule has 174 valence electrons. The summed E-state index contributed by atoms with van der Waals surface area (Å²) in [5, 5.41) is 6.46. The highest BCUT2D eigenvalue weighted by molar-refractivity contribution is 5.80. The van der Waals surface area contributed by atoms with Crippen LogP contribution >= 0.6 is 0 Å². The molecule has 1 unspecified atom stereocenters. The van der Waals surface area contributed by atoms with Crippen LogP contribution in [0.4, 0.5) is 5.69 Å². The molecule has 2 heterocycles. The predicted octanol–water partition coefficient (Wildman–Crippen LogP) is 2.74. The maximum Gasteiger partial charge on any atom is 0.308 e. The minimum Gasteiger partial charge on any atom is -0.466 e. The topological polar surface area (TPSA) is 73.9 Å². The molecule has 1 amide bonds. The summed E-state index contributed by atoms with van der Waals surface area (Å²) in [5.74, 6) is -0.454. The maximum atomic E-state index is 12.8. The Morgan fingerprint density at radius 3 is 2.64 bits per heavy atom. The van der Waals surface area contributed by atoms with Crippen molar-refractivity contribution in [3.8, 4) is 0 Å². The molecule has 0 aliphatic carbocycles. The normalized spacial score (nSPS) is 16.2. The van der Waals surface area contributed by atoms with E-state index in [2.05, 4.69) is 33.7 Å². The monoisotopic (exact) mass is 448 g/mol. The number of amides is 1. The number of rotatable bonds is 8.